The van der Waals surface area contributed by atoms with Crippen LogP contribution in [0.4, 0.5) is 5.69 Å². The number of nitro benzene ring substituents is 1. The van der Waals surface area contributed by atoms with Gasteiger partial charge in [0.2, 0.25) is 0 Å². The highest BCUT2D eigenvalue weighted by Crippen LogP contribution is 2.32. The average Bonchev–Trinajstić information content (AvgIpc) is 2.75. The number of aryl methyl sites for hydroxylation is 1. The Morgan fingerprint density at radius 1 is 1.55 bits per heavy atom. The summed E-state index contributed by atoms with van der Waals surface area (Å²) in [4.78, 5) is 25.9. The number of hydrogen-bond donors (Lipinski definition) is 1. The number of carbonyl (C=O) groups is 1. The van der Waals surface area contributed by atoms with Gasteiger partial charge in [0.05, 0.1) is 17.0 Å². The maximum atomic E-state index is 10.7. The van der Waals surface area contributed by atoms with Crippen molar-refractivity contribution in [3.8, 4) is 0 Å². The number of nitro groups is 1. The third-order valence-corrected chi connectivity index (χ3v) is 4.41. The Morgan fingerprint density at radius 2 is 2.30 bits per heavy atom. The van der Waals surface area contributed by atoms with Crippen LogP contribution < -0.4 is 0 Å². The molecule has 0 amide bonds. The molecule has 104 valence electrons. The van der Waals surface area contributed by atoms with E-state index in [2.05, 4.69) is 4.98 Å². The first kappa shape index (κ1) is 14.5. The van der Waals surface area contributed by atoms with Crippen molar-refractivity contribution in [2.75, 3.05) is 0 Å². The third-order valence-electron chi connectivity index (χ3n) is 2.43. The Kier molecular flexibility index (Phi) is 4.35. The monoisotopic (exact) mass is 310 g/mol. The molecule has 0 saturated carbocycles. The van der Waals surface area contributed by atoms with Crippen LogP contribution in [0.2, 0.25) is 0 Å². The molecule has 0 unspecified atom stereocenters. The summed E-state index contributed by atoms with van der Waals surface area (Å²) in [5.74, 6) is -0.918. The summed E-state index contributed by atoms with van der Waals surface area (Å²) in [5, 5.41) is 21.1. The van der Waals surface area contributed by atoms with Gasteiger partial charge >= 0.3 is 5.97 Å². The highest BCUT2D eigenvalue weighted by molar-refractivity contribution is 8.01. The van der Waals surface area contributed by atoms with Gasteiger partial charge in [0.25, 0.3) is 5.69 Å². The first-order chi connectivity index (χ1) is 9.45. The molecule has 0 saturated heterocycles. The van der Waals surface area contributed by atoms with Crippen molar-refractivity contribution < 1.29 is 14.8 Å². The van der Waals surface area contributed by atoms with Gasteiger partial charge in [0, 0.05) is 21.9 Å². The van der Waals surface area contributed by atoms with Gasteiger partial charge in [0.1, 0.15) is 0 Å². The molecule has 6 nitrogen and oxygen atoms in total. The molecular formula is C12H10N2O4S2. The van der Waals surface area contributed by atoms with Crippen molar-refractivity contribution in [3.05, 3.63) is 45.0 Å². The van der Waals surface area contributed by atoms with Gasteiger partial charge in [-0.05, 0) is 19.1 Å². The average molecular weight is 310 g/mol. The third kappa shape index (κ3) is 3.55. The Labute approximate surface area is 122 Å². The van der Waals surface area contributed by atoms with E-state index in [1.165, 1.54) is 29.2 Å². The normalized spacial score (nSPS) is 10.4. The van der Waals surface area contributed by atoms with E-state index in [4.69, 9.17) is 5.11 Å². The van der Waals surface area contributed by atoms with Crippen LogP contribution in [0.3, 0.4) is 0 Å². The van der Waals surface area contributed by atoms with Gasteiger partial charge in [-0.1, -0.05) is 11.8 Å². The number of thiazole rings is 1. The lowest BCUT2D eigenvalue weighted by Crippen LogP contribution is -1.99. The van der Waals surface area contributed by atoms with Crippen LogP contribution in [0.15, 0.2) is 32.8 Å². The molecule has 2 rings (SSSR count). The zero-order chi connectivity index (χ0) is 14.7. The van der Waals surface area contributed by atoms with Crippen LogP contribution >= 0.6 is 23.1 Å². The number of carboxylic acid groups (broad SMARTS) is 1. The molecule has 0 aliphatic rings. The second-order valence-corrected chi connectivity index (χ2v) is 6.16. The quantitative estimate of drug-likeness (QED) is 0.673. The zero-order valence-corrected chi connectivity index (χ0v) is 12.0. The standard InChI is InChI=1S/C12H10N2O4S2/c1-7-4-9(2-3-10(7)14(17)18)20-12-13-8(6-19-12)5-11(15)16/h2-4,6H,5H2,1H3,(H,15,16). The number of benzene rings is 1. The summed E-state index contributed by atoms with van der Waals surface area (Å²) >= 11 is 2.72. The molecule has 20 heavy (non-hydrogen) atoms. The lowest BCUT2D eigenvalue weighted by molar-refractivity contribution is -0.385. The van der Waals surface area contributed by atoms with E-state index >= 15 is 0 Å². The molecule has 0 radical (unpaired) electrons. The van der Waals surface area contributed by atoms with Crippen LogP contribution in [0, 0.1) is 17.0 Å². The predicted octanol–water partition coefficient (Wildman–Crippen LogP) is 3.14. The fourth-order valence-electron chi connectivity index (χ4n) is 1.57. The molecule has 0 spiro atoms. The van der Waals surface area contributed by atoms with Crippen LogP contribution in [-0.4, -0.2) is 21.0 Å². The van der Waals surface area contributed by atoms with E-state index in [1.807, 2.05) is 0 Å². The summed E-state index contributed by atoms with van der Waals surface area (Å²) < 4.78 is 0.717. The number of aliphatic carboxylic acids is 1. The van der Waals surface area contributed by atoms with E-state index in [9.17, 15) is 14.9 Å². The Bertz CT molecular complexity index is 669. The SMILES string of the molecule is Cc1cc(Sc2nc(CC(=O)O)cs2)ccc1[N+](=O)[O-]. The van der Waals surface area contributed by atoms with Gasteiger partial charge < -0.3 is 5.11 Å². The molecule has 1 aromatic carbocycles. The molecule has 1 aromatic heterocycles. The van der Waals surface area contributed by atoms with Gasteiger partial charge in [0.15, 0.2) is 4.34 Å². The molecule has 0 fully saturated rings. The largest absolute Gasteiger partial charge is 0.481 e. The number of aromatic nitrogens is 1. The molecule has 0 bridgehead atoms. The lowest BCUT2D eigenvalue weighted by atomic mass is 10.2. The first-order valence-electron chi connectivity index (χ1n) is 5.55. The van der Waals surface area contributed by atoms with Gasteiger partial charge in [-0.3, -0.25) is 14.9 Å². The van der Waals surface area contributed by atoms with Crippen LogP contribution in [0.25, 0.3) is 0 Å². The van der Waals surface area contributed by atoms with E-state index in [-0.39, 0.29) is 12.1 Å². The molecule has 0 aliphatic heterocycles. The minimum absolute atomic E-state index is 0.0834. The van der Waals surface area contributed by atoms with Crippen molar-refractivity contribution >= 4 is 34.8 Å². The summed E-state index contributed by atoms with van der Waals surface area (Å²) in [5.41, 5.74) is 1.19. The fraction of sp³-hybridized carbons (Fsp3) is 0.167. The maximum Gasteiger partial charge on any atom is 0.309 e. The maximum absolute atomic E-state index is 10.7. The topological polar surface area (TPSA) is 93.3 Å². The van der Waals surface area contributed by atoms with Gasteiger partial charge in [-0.2, -0.15) is 0 Å². The first-order valence-corrected chi connectivity index (χ1v) is 7.24. The van der Waals surface area contributed by atoms with Crippen molar-refractivity contribution in [1.29, 1.82) is 0 Å². The zero-order valence-electron chi connectivity index (χ0n) is 10.4. The molecule has 2 aromatic rings. The molecule has 1 N–H and O–H groups in total. The van der Waals surface area contributed by atoms with Crippen molar-refractivity contribution in [2.45, 2.75) is 22.6 Å². The minimum atomic E-state index is -0.918. The number of carboxylic acids is 1. The Balaban J connectivity index is 2.14. The van der Waals surface area contributed by atoms with Crippen LogP contribution in [0.5, 0.6) is 0 Å². The highest BCUT2D eigenvalue weighted by Gasteiger charge is 2.12. The predicted molar refractivity (Wildman–Crippen MR) is 75.4 cm³/mol. The van der Waals surface area contributed by atoms with Gasteiger partial charge in [-0.15, -0.1) is 11.3 Å². The second kappa shape index (κ2) is 6.02. The van der Waals surface area contributed by atoms with Crippen molar-refractivity contribution in [2.24, 2.45) is 0 Å². The van der Waals surface area contributed by atoms with Crippen LogP contribution in [0.1, 0.15) is 11.3 Å². The van der Waals surface area contributed by atoms with Crippen molar-refractivity contribution in [3.63, 3.8) is 0 Å². The lowest BCUT2D eigenvalue weighted by Gasteiger charge is -2.00. The second-order valence-electron chi connectivity index (χ2n) is 3.98. The van der Waals surface area contributed by atoms with Crippen LogP contribution in [-0.2, 0) is 11.2 Å². The summed E-state index contributed by atoms with van der Waals surface area (Å²) in [6.45, 7) is 1.68. The molecule has 0 aliphatic carbocycles. The van der Waals surface area contributed by atoms with E-state index in [1.54, 1.807) is 24.4 Å². The minimum Gasteiger partial charge on any atom is -0.481 e. The van der Waals surface area contributed by atoms with E-state index in [0.29, 0.717) is 11.3 Å². The van der Waals surface area contributed by atoms with E-state index < -0.39 is 10.9 Å². The van der Waals surface area contributed by atoms with Gasteiger partial charge in [-0.25, -0.2) is 4.98 Å². The molecule has 8 heteroatoms. The van der Waals surface area contributed by atoms with E-state index in [0.717, 1.165) is 9.24 Å². The molecule has 0 atom stereocenters. The summed E-state index contributed by atoms with van der Waals surface area (Å²) in [7, 11) is 0. The smallest absolute Gasteiger partial charge is 0.309 e. The molecular weight excluding hydrogens is 300 g/mol. The Hall–Kier alpha value is -1.93. The summed E-state index contributed by atoms with van der Waals surface area (Å²) in [6.07, 6.45) is -0.101. The summed E-state index contributed by atoms with van der Waals surface area (Å²) in [6, 6.07) is 4.85. The Morgan fingerprint density at radius 3 is 2.90 bits per heavy atom. The number of nitrogens with zero attached hydrogens (tertiary/aromatic N) is 2. The fourth-order valence-corrected chi connectivity index (χ4v) is 3.47. The van der Waals surface area contributed by atoms with Crippen molar-refractivity contribution in [1.82, 2.24) is 4.98 Å². The molecule has 1 heterocycles. The number of hydrogen-bond acceptors (Lipinski definition) is 6. The highest BCUT2D eigenvalue weighted by atomic mass is 32.2. The number of rotatable bonds is 5.